The lowest BCUT2D eigenvalue weighted by atomic mass is 9.96. The summed E-state index contributed by atoms with van der Waals surface area (Å²) in [6.45, 7) is 5.05. The molecule has 1 N–H and O–H groups in total. The highest BCUT2D eigenvalue weighted by atomic mass is 16.5. The zero-order chi connectivity index (χ0) is 12.8. The molecule has 18 heavy (non-hydrogen) atoms. The molecule has 0 radical (unpaired) electrons. The molecule has 100 valence electrons. The zero-order valence-corrected chi connectivity index (χ0v) is 11.3. The van der Waals surface area contributed by atoms with E-state index in [0.717, 1.165) is 31.4 Å². The second kappa shape index (κ2) is 6.76. The van der Waals surface area contributed by atoms with Gasteiger partial charge in [0.15, 0.2) is 0 Å². The maximum Gasteiger partial charge on any atom is 0.119 e. The van der Waals surface area contributed by atoms with E-state index in [-0.39, 0.29) is 0 Å². The Morgan fingerprint density at radius 2 is 2.33 bits per heavy atom. The summed E-state index contributed by atoms with van der Waals surface area (Å²) in [5.41, 5.74) is 1.27. The molecule has 1 fully saturated rings. The lowest BCUT2D eigenvalue weighted by molar-refractivity contribution is 0.00289. The molecule has 1 aliphatic heterocycles. The Hall–Kier alpha value is -1.06. The molecule has 0 bridgehead atoms. The fourth-order valence-corrected chi connectivity index (χ4v) is 2.48. The Balaban J connectivity index is 1.74. The Morgan fingerprint density at radius 1 is 1.44 bits per heavy atom. The normalized spacial score (nSPS) is 23.9. The first kappa shape index (κ1) is 13.4. The summed E-state index contributed by atoms with van der Waals surface area (Å²) in [6, 6.07) is 8.22. The summed E-state index contributed by atoms with van der Waals surface area (Å²) in [6.07, 6.45) is 2.77. The Bertz CT molecular complexity index is 367. The summed E-state index contributed by atoms with van der Waals surface area (Å²) in [5.74, 6) is 1.67. The third-order valence-corrected chi connectivity index (χ3v) is 3.49. The Labute approximate surface area is 109 Å². The van der Waals surface area contributed by atoms with Gasteiger partial charge in [0.05, 0.1) is 13.2 Å². The van der Waals surface area contributed by atoms with E-state index in [1.165, 1.54) is 18.4 Å². The van der Waals surface area contributed by atoms with Crippen LogP contribution < -0.4 is 10.1 Å². The van der Waals surface area contributed by atoms with Crippen molar-refractivity contribution in [2.45, 2.75) is 32.4 Å². The van der Waals surface area contributed by atoms with Gasteiger partial charge in [0, 0.05) is 13.2 Å². The molecule has 0 saturated carbocycles. The first-order valence-electron chi connectivity index (χ1n) is 6.73. The van der Waals surface area contributed by atoms with Crippen molar-refractivity contribution in [1.29, 1.82) is 0 Å². The van der Waals surface area contributed by atoms with Crippen LogP contribution in [-0.4, -0.2) is 26.4 Å². The van der Waals surface area contributed by atoms with E-state index in [2.05, 4.69) is 24.4 Å². The molecule has 0 amide bonds. The highest BCUT2D eigenvalue weighted by Gasteiger charge is 2.18. The number of hydrogen-bond donors (Lipinski definition) is 1. The number of benzene rings is 1. The van der Waals surface area contributed by atoms with Crippen LogP contribution in [0.2, 0.25) is 0 Å². The van der Waals surface area contributed by atoms with E-state index >= 15 is 0 Å². The van der Waals surface area contributed by atoms with Crippen molar-refractivity contribution in [2.75, 3.05) is 20.3 Å². The van der Waals surface area contributed by atoms with Crippen molar-refractivity contribution in [1.82, 2.24) is 5.32 Å². The molecule has 3 nitrogen and oxygen atoms in total. The maximum atomic E-state index is 5.56. The van der Waals surface area contributed by atoms with Crippen LogP contribution in [-0.2, 0) is 11.3 Å². The largest absolute Gasteiger partial charge is 0.497 e. The second-order valence-electron chi connectivity index (χ2n) is 5.05. The van der Waals surface area contributed by atoms with Crippen molar-refractivity contribution >= 4 is 0 Å². The van der Waals surface area contributed by atoms with E-state index in [1.54, 1.807) is 7.11 Å². The molecule has 1 heterocycles. The third kappa shape index (κ3) is 4.00. The minimum Gasteiger partial charge on any atom is -0.497 e. The SMILES string of the molecule is COc1cccc(CNCC2CCOC(C)C2)c1. The van der Waals surface area contributed by atoms with Gasteiger partial charge in [0.1, 0.15) is 5.75 Å². The molecule has 0 spiro atoms. The molecular weight excluding hydrogens is 226 g/mol. The van der Waals surface area contributed by atoms with E-state index in [9.17, 15) is 0 Å². The number of ether oxygens (including phenoxy) is 2. The summed E-state index contributed by atoms with van der Waals surface area (Å²) in [4.78, 5) is 0. The van der Waals surface area contributed by atoms with Crippen LogP contribution in [0, 0.1) is 5.92 Å². The average Bonchev–Trinajstić information content (AvgIpc) is 2.39. The number of hydrogen-bond acceptors (Lipinski definition) is 3. The monoisotopic (exact) mass is 249 g/mol. The van der Waals surface area contributed by atoms with E-state index in [4.69, 9.17) is 9.47 Å². The van der Waals surface area contributed by atoms with Crippen LogP contribution in [0.1, 0.15) is 25.3 Å². The van der Waals surface area contributed by atoms with Crippen molar-refractivity contribution < 1.29 is 9.47 Å². The Morgan fingerprint density at radius 3 is 3.11 bits per heavy atom. The lowest BCUT2D eigenvalue weighted by Crippen LogP contribution is -2.30. The highest BCUT2D eigenvalue weighted by Crippen LogP contribution is 2.19. The molecule has 1 saturated heterocycles. The van der Waals surface area contributed by atoms with Gasteiger partial charge in [0.2, 0.25) is 0 Å². The molecule has 1 aliphatic rings. The molecule has 2 atom stereocenters. The summed E-state index contributed by atoms with van der Waals surface area (Å²) < 4.78 is 10.8. The zero-order valence-electron chi connectivity index (χ0n) is 11.3. The average molecular weight is 249 g/mol. The third-order valence-electron chi connectivity index (χ3n) is 3.49. The lowest BCUT2D eigenvalue weighted by Gasteiger charge is -2.27. The minimum absolute atomic E-state index is 0.419. The summed E-state index contributed by atoms with van der Waals surface area (Å²) in [7, 11) is 1.70. The topological polar surface area (TPSA) is 30.5 Å². The maximum absolute atomic E-state index is 5.56. The quantitative estimate of drug-likeness (QED) is 0.870. The van der Waals surface area contributed by atoms with Gasteiger partial charge in [-0.2, -0.15) is 0 Å². The van der Waals surface area contributed by atoms with Gasteiger partial charge in [-0.1, -0.05) is 12.1 Å². The first-order chi connectivity index (χ1) is 8.78. The molecule has 1 aromatic carbocycles. The fourth-order valence-electron chi connectivity index (χ4n) is 2.48. The van der Waals surface area contributed by atoms with Crippen molar-refractivity contribution in [3.8, 4) is 5.75 Å². The summed E-state index contributed by atoms with van der Waals surface area (Å²) >= 11 is 0. The van der Waals surface area contributed by atoms with Crippen molar-refractivity contribution in [3.63, 3.8) is 0 Å². The molecule has 0 aromatic heterocycles. The van der Waals surface area contributed by atoms with Gasteiger partial charge < -0.3 is 14.8 Å². The molecule has 2 unspecified atom stereocenters. The fraction of sp³-hybridized carbons (Fsp3) is 0.600. The number of nitrogens with one attached hydrogen (secondary N) is 1. The van der Waals surface area contributed by atoms with Crippen LogP contribution in [0.15, 0.2) is 24.3 Å². The van der Waals surface area contributed by atoms with Crippen molar-refractivity contribution in [2.24, 2.45) is 5.92 Å². The van der Waals surface area contributed by atoms with E-state index in [0.29, 0.717) is 6.10 Å². The van der Waals surface area contributed by atoms with Gasteiger partial charge in [-0.15, -0.1) is 0 Å². The standard InChI is InChI=1S/C15H23NO2/c1-12-8-14(6-7-18-12)11-16-10-13-4-3-5-15(9-13)17-2/h3-5,9,12,14,16H,6-8,10-11H2,1-2H3. The van der Waals surface area contributed by atoms with Crippen LogP contribution in [0.5, 0.6) is 5.75 Å². The van der Waals surface area contributed by atoms with Crippen LogP contribution in [0.25, 0.3) is 0 Å². The van der Waals surface area contributed by atoms with Crippen molar-refractivity contribution in [3.05, 3.63) is 29.8 Å². The van der Waals surface area contributed by atoms with Crippen LogP contribution >= 0.6 is 0 Å². The van der Waals surface area contributed by atoms with Crippen LogP contribution in [0.4, 0.5) is 0 Å². The second-order valence-corrected chi connectivity index (χ2v) is 5.05. The molecular formula is C15H23NO2. The van der Waals surface area contributed by atoms with Crippen LogP contribution in [0.3, 0.4) is 0 Å². The predicted molar refractivity (Wildman–Crippen MR) is 72.8 cm³/mol. The molecule has 2 rings (SSSR count). The minimum atomic E-state index is 0.419. The van der Waals surface area contributed by atoms with E-state index in [1.807, 2.05) is 12.1 Å². The van der Waals surface area contributed by atoms with Gasteiger partial charge >= 0.3 is 0 Å². The molecule has 3 heteroatoms. The van der Waals surface area contributed by atoms with Gasteiger partial charge in [-0.05, 0) is 49.9 Å². The highest BCUT2D eigenvalue weighted by molar-refractivity contribution is 5.28. The van der Waals surface area contributed by atoms with Gasteiger partial charge in [-0.3, -0.25) is 0 Å². The number of rotatable bonds is 5. The van der Waals surface area contributed by atoms with Gasteiger partial charge in [-0.25, -0.2) is 0 Å². The van der Waals surface area contributed by atoms with E-state index < -0.39 is 0 Å². The summed E-state index contributed by atoms with van der Waals surface area (Å²) in [5, 5.41) is 3.53. The first-order valence-corrected chi connectivity index (χ1v) is 6.73. The molecule has 0 aliphatic carbocycles. The van der Waals surface area contributed by atoms with Gasteiger partial charge in [0.25, 0.3) is 0 Å². The predicted octanol–water partition coefficient (Wildman–Crippen LogP) is 2.60. The Kier molecular flexibility index (Phi) is 5.02. The number of methoxy groups -OCH3 is 1. The molecule has 1 aromatic rings. The smallest absolute Gasteiger partial charge is 0.119 e.